The molecular weight excluding hydrogens is 738 g/mol. The standard InChI is InChI=1S/C41H50ClN7O5S/c1-25(2)54-36-22-35(49-18-16-30(17-19-49)48(6)24-28-10-9-11-29(21-28)31-14-15-38(50)46-40(31)51)27(5)20-34(36)45-41-43-23-32(42)39(47-41)44-33-12-7-8-13-37(33)55(52,53)26(3)4/h7-13,20-23,25-26,30-31H,14-19,24H2,1-6H3,(H,46,50,51)(H2,43,44,45,47). The van der Waals surface area contributed by atoms with Crippen LogP contribution in [0.15, 0.2) is 71.8 Å². The van der Waals surface area contributed by atoms with Gasteiger partial charge in [0.05, 0.1) is 39.7 Å². The lowest BCUT2D eigenvalue weighted by atomic mass is 9.89. The number of hydrogen-bond donors (Lipinski definition) is 3. The molecular formula is C41H50ClN7O5S. The predicted molar refractivity (Wildman–Crippen MR) is 218 cm³/mol. The van der Waals surface area contributed by atoms with Crippen molar-refractivity contribution in [3.63, 3.8) is 0 Å². The van der Waals surface area contributed by atoms with Crippen LogP contribution >= 0.6 is 11.6 Å². The number of aryl methyl sites for hydroxylation is 1. The summed E-state index contributed by atoms with van der Waals surface area (Å²) in [6.45, 7) is 11.9. The maximum Gasteiger partial charge on any atom is 0.234 e. The number of anilines is 5. The number of hydrogen-bond acceptors (Lipinski definition) is 11. The first-order valence-corrected chi connectivity index (χ1v) is 20.7. The number of amides is 2. The van der Waals surface area contributed by atoms with E-state index in [1.807, 2.05) is 32.0 Å². The largest absolute Gasteiger partial charge is 0.489 e. The summed E-state index contributed by atoms with van der Waals surface area (Å²) in [4.78, 5) is 38.1. The molecule has 12 nitrogen and oxygen atoms in total. The van der Waals surface area contributed by atoms with Crippen LogP contribution in [0.1, 0.15) is 76.0 Å². The third-order valence-electron chi connectivity index (χ3n) is 10.2. The number of piperidine rings is 2. The molecule has 4 aromatic rings. The number of aromatic nitrogens is 2. The second-order valence-electron chi connectivity index (χ2n) is 14.9. The molecule has 0 spiro atoms. The SMILES string of the molecule is Cc1cc(Nc2ncc(Cl)c(Nc3ccccc3S(=O)(=O)C(C)C)n2)c(OC(C)C)cc1N1CCC(N(C)Cc2cccc(C3CCC(=O)NC3=O)c2)CC1. The minimum atomic E-state index is -3.57. The van der Waals surface area contributed by atoms with E-state index >= 15 is 0 Å². The van der Waals surface area contributed by atoms with Gasteiger partial charge in [-0.3, -0.25) is 19.8 Å². The van der Waals surface area contributed by atoms with Crippen molar-refractivity contribution in [3.05, 3.63) is 88.6 Å². The first kappa shape index (κ1) is 40.0. The number of nitrogens with zero attached hydrogens (tertiary/aromatic N) is 4. The fourth-order valence-electron chi connectivity index (χ4n) is 7.19. The molecule has 2 saturated heterocycles. The normalized spacial score (nSPS) is 16.8. The summed E-state index contributed by atoms with van der Waals surface area (Å²) in [6.07, 6.45) is 4.26. The highest BCUT2D eigenvalue weighted by molar-refractivity contribution is 7.92. The van der Waals surface area contributed by atoms with E-state index in [-0.39, 0.29) is 45.5 Å². The lowest BCUT2D eigenvalue weighted by molar-refractivity contribution is -0.134. The molecule has 3 N–H and O–H groups in total. The Hall–Kier alpha value is -4.72. The smallest absolute Gasteiger partial charge is 0.234 e. The van der Waals surface area contributed by atoms with Gasteiger partial charge in [0.1, 0.15) is 10.8 Å². The molecule has 292 valence electrons. The summed E-state index contributed by atoms with van der Waals surface area (Å²) in [6, 6.07) is 19.4. The van der Waals surface area contributed by atoms with Crippen molar-refractivity contribution in [2.75, 3.05) is 35.7 Å². The Morgan fingerprint density at radius 2 is 1.73 bits per heavy atom. The average molecular weight is 788 g/mol. The number of para-hydroxylation sites is 1. The van der Waals surface area contributed by atoms with E-state index in [2.05, 4.69) is 67.9 Å². The molecule has 0 saturated carbocycles. The molecule has 0 radical (unpaired) electrons. The summed E-state index contributed by atoms with van der Waals surface area (Å²) in [7, 11) is -1.41. The fourth-order valence-corrected chi connectivity index (χ4v) is 8.53. The Balaban J connectivity index is 1.14. The van der Waals surface area contributed by atoms with Crippen LogP contribution in [-0.4, -0.2) is 72.6 Å². The maximum absolute atomic E-state index is 13.1. The molecule has 14 heteroatoms. The lowest BCUT2D eigenvalue weighted by Crippen LogP contribution is -2.43. The fraction of sp³-hybridized carbons (Fsp3) is 0.415. The van der Waals surface area contributed by atoms with Crippen molar-refractivity contribution < 1.29 is 22.7 Å². The van der Waals surface area contributed by atoms with Crippen LogP contribution in [0.2, 0.25) is 5.02 Å². The van der Waals surface area contributed by atoms with Gasteiger partial charge in [-0.05, 0) is 95.8 Å². The highest BCUT2D eigenvalue weighted by Gasteiger charge is 2.29. The minimum Gasteiger partial charge on any atom is -0.489 e. The quantitative estimate of drug-likeness (QED) is 0.116. The molecule has 3 heterocycles. The van der Waals surface area contributed by atoms with E-state index in [4.69, 9.17) is 16.3 Å². The average Bonchev–Trinajstić information content (AvgIpc) is 3.14. The van der Waals surface area contributed by atoms with Crippen LogP contribution in [0.3, 0.4) is 0 Å². The maximum atomic E-state index is 13.1. The van der Waals surface area contributed by atoms with Crippen LogP contribution < -0.4 is 25.6 Å². The summed E-state index contributed by atoms with van der Waals surface area (Å²) in [5, 5.41) is 8.54. The Morgan fingerprint density at radius 1 is 0.982 bits per heavy atom. The van der Waals surface area contributed by atoms with E-state index in [9.17, 15) is 18.0 Å². The van der Waals surface area contributed by atoms with Gasteiger partial charge in [-0.1, -0.05) is 48.0 Å². The van der Waals surface area contributed by atoms with Crippen LogP contribution in [0.4, 0.5) is 28.8 Å². The van der Waals surface area contributed by atoms with Gasteiger partial charge in [0.2, 0.25) is 17.8 Å². The molecule has 2 aliphatic rings. The second-order valence-corrected chi connectivity index (χ2v) is 17.8. The van der Waals surface area contributed by atoms with Crippen molar-refractivity contribution >= 4 is 62.1 Å². The Bertz CT molecular complexity index is 2150. The zero-order valence-corrected chi connectivity index (χ0v) is 33.8. The predicted octanol–water partition coefficient (Wildman–Crippen LogP) is 7.52. The van der Waals surface area contributed by atoms with Crippen molar-refractivity contribution in [1.82, 2.24) is 20.2 Å². The van der Waals surface area contributed by atoms with Crippen molar-refractivity contribution in [2.24, 2.45) is 0 Å². The van der Waals surface area contributed by atoms with Gasteiger partial charge in [-0.25, -0.2) is 13.4 Å². The van der Waals surface area contributed by atoms with Crippen molar-refractivity contribution in [1.29, 1.82) is 0 Å². The van der Waals surface area contributed by atoms with E-state index in [0.717, 1.165) is 54.9 Å². The van der Waals surface area contributed by atoms with E-state index < -0.39 is 15.1 Å². The zero-order chi connectivity index (χ0) is 39.4. The Labute approximate surface area is 328 Å². The first-order chi connectivity index (χ1) is 26.2. The number of sulfone groups is 1. The van der Waals surface area contributed by atoms with Crippen LogP contribution in [0, 0.1) is 6.92 Å². The third-order valence-corrected chi connectivity index (χ3v) is 12.7. The number of imide groups is 1. The van der Waals surface area contributed by atoms with Crippen LogP contribution in [-0.2, 0) is 26.0 Å². The molecule has 0 aliphatic carbocycles. The summed E-state index contributed by atoms with van der Waals surface area (Å²) < 4.78 is 32.4. The lowest BCUT2D eigenvalue weighted by Gasteiger charge is -2.38. The van der Waals surface area contributed by atoms with Gasteiger partial charge in [0.25, 0.3) is 0 Å². The van der Waals surface area contributed by atoms with Gasteiger partial charge in [-0.2, -0.15) is 4.98 Å². The van der Waals surface area contributed by atoms with Gasteiger partial charge in [-0.15, -0.1) is 0 Å². The van der Waals surface area contributed by atoms with E-state index in [1.54, 1.807) is 38.1 Å². The Kier molecular flexibility index (Phi) is 12.3. The molecule has 1 atom stereocenters. The van der Waals surface area contributed by atoms with Gasteiger partial charge in [0, 0.05) is 43.9 Å². The van der Waals surface area contributed by atoms with Crippen LogP contribution in [0.25, 0.3) is 0 Å². The molecule has 2 aliphatic heterocycles. The highest BCUT2D eigenvalue weighted by atomic mass is 35.5. The number of carbonyl (C=O) groups is 2. The monoisotopic (exact) mass is 787 g/mol. The molecule has 2 fully saturated rings. The van der Waals surface area contributed by atoms with Crippen molar-refractivity contribution in [3.8, 4) is 5.75 Å². The second kappa shape index (κ2) is 17.0. The van der Waals surface area contributed by atoms with E-state index in [0.29, 0.717) is 36.0 Å². The third kappa shape index (κ3) is 9.40. The summed E-state index contributed by atoms with van der Waals surface area (Å²) in [5.74, 6) is 0.485. The Morgan fingerprint density at radius 3 is 2.44 bits per heavy atom. The number of halogens is 1. The first-order valence-electron chi connectivity index (χ1n) is 18.8. The topological polar surface area (TPSA) is 146 Å². The van der Waals surface area contributed by atoms with Gasteiger partial charge < -0.3 is 20.3 Å². The molecule has 1 aromatic heterocycles. The number of nitrogens with one attached hydrogen (secondary N) is 3. The highest BCUT2D eigenvalue weighted by Crippen LogP contribution is 2.38. The van der Waals surface area contributed by atoms with Crippen molar-refractivity contribution in [2.45, 2.75) is 95.1 Å². The van der Waals surface area contributed by atoms with Gasteiger partial charge >= 0.3 is 0 Å². The minimum absolute atomic E-state index is 0.0910. The number of carbonyl (C=O) groups excluding carboxylic acids is 2. The van der Waals surface area contributed by atoms with Crippen LogP contribution in [0.5, 0.6) is 5.75 Å². The molecule has 6 rings (SSSR count). The van der Waals surface area contributed by atoms with E-state index in [1.165, 1.54) is 6.20 Å². The molecule has 2 amide bonds. The number of ether oxygens (including phenoxy) is 1. The molecule has 55 heavy (non-hydrogen) atoms. The molecule has 0 bridgehead atoms. The summed E-state index contributed by atoms with van der Waals surface area (Å²) >= 11 is 6.50. The summed E-state index contributed by atoms with van der Waals surface area (Å²) in [5.41, 5.74) is 5.34. The molecule has 1 unspecified atom stereocenters. The number of benzene rings is 3. The molecule has 3 aromatic carbocycles. The number of rotatable bonds is 13. The zero-order valence-electron chi connectivity index (χ0n) is 32.2. The van der Waals surface area contributed by atoms with Gasteiger partial charge in [0.15, 0.2) is 15.7 Å².